The second-order valence-corrected chi connectivity index (χ2v) is 4.60. The molecule has 0 unspecified atom stereocenters. The molecule has 0 saturated heterocycles. The summed E-state index contributed by atoms with van der Waals surface area (Å²) in [7, 11) is 1.24. The third-order valence-electron chi connectivity index (χ3n) is 2.81. The van der Waals surface area contributed by atoms with Gasteiger partial charge in [-0.15, -0.1) is 0 Å². The van der Waals surface area contributed by atoms with Crippen molar-refractivity contribution < 1.29 is 0 Å². The lowest BCUT2D eigenvalue weighted by Gasteiger charge is -2.15. The Morgan fingerprint density at radius 3 is 1.47 bits per heavy atom. The van der Waals surface area contributed by atoms with Gasteiger partial charge in [0, 0.05) is 16.2 Å². The zero-order valence-electron chi connectivity index (χ0n) is 9.06. The Labute approximate surface area is 94.4 Å². The minimum atomic E-state index is 0.596. The number of hydrogen-bond donors (Lipinski definition) is 0. The molecule has 0 nitrogen and oxygen atoms in total. The molecule has 0 aliphatic heterocycles. The van der Waals surface area contributed by atoms with E-state index in [0.717, 1.165) is 0 Å². The van der Waals surface area contributed by atoms with E-state index in [2.05, 4.69) is 60.7 Å². The van der Waals surface area contributed by atoms with Crippen LogP contribution in [0.3, 0.4) is 0 Å². The summed E-state index contributed by atoms with van der Waals surface area (Å²) in [5.41, 5.74) is 2.89. The largest absolute Gasteiger partial charge is 0.0622 e. The van der Waals surface area contributed by atoms with Crippen LogP contribution in [-0.2, 0) is 0 Å². The highest BCUT2D eigenvalue weighted by atomic mass is 28.1. The molecular weight excluding hydrogens is 196 g/mol. The molecule has 0 aromatic heterocycles. The quantitative estimate of drug-likeness (QED) is 0.686. The lowest BCUT2D eigenvalue weighted by atomic mass is 9.93. The fraction of sp³-hybridized carbons (Fsp3) is 0.143. The zero-order valence-corrected chi connectivity index (χ0v) is 11.1. The first-order chi connectivity index (χ1) is 7.42. The summed E-state index contributed by atoms with van der Waals surface area (Å²) < 4.78 is 0. The molecule has 2 rings (SSSR count). The molecule has 0 fully saturated rings. The Morgan fingerprint density at radius 1 is 0.733 bits per heavy atom. The van der Waals surface area contributed by atoms with Crippen LogP contribution in [0, 0.1) is 0 Å². The Bertz CT molecular complexity index is 355. The molecule has 0 aliphatic rings. The van der Waals surface area contributed by atoms with Gasteiger partial charge < -0.3 is 0 Å². The minimum absolute atomic E-state index is 0.596. The molecule has 0 heterocycles. The summed E-state index contributed by atoms with van der Waals surface area (Å²) in [6, 6.07) is 22.9. The van der Waals surface area contributed by atoms with Gasteiger partial charge in [0.25, 0.3) is 0 Å². The van der Waals surface area contributed by atoms with Gasteiger partial charge in [-0.3, -0.25) is 0 Å². The van der Waals surface area contributed by atoms with Gasteiger partial charge in [0.15, 0.2) is 0 Å². The van der Waals surface area contributed by atoms with Gasteiger partial charge >= 0.3 is 0 Å². The van der Waals surface area contributed by atoms with E-state index < -0.39 is 0 Å². The van der Waals surface area contributed by atoms with Crippen molar-refractivity contribution >= 4 is 10.2 Å². The minimum Gasteiger partial charge on any atom is -0.0622 e. The maximum atomic E-state index is 2.23. The van der Waals surface area contributed by atoms with Gasteiger partial charge in [-0.1, -0.05) is 66.7 Å². The van der Waals surface area contributed by atoms with Crippen molar-refractivity contribution in [2.75, 3.05) is 0 Å². The van der Waals surface area contributed by atoms with Crippen molar-refractivity contribution in [2.45, 2.75) is 12.0 Å². The van der Waals surface area contributed by atoms with E-state index in [1.54, 1.807) is 0 Å². The van der Waals surface area contributed by atoms with Crippen LogP contribution < -0.4 is 0 Å². The molecule has 1 heteroatoms. The maximum Gasteiger partial charge on any atom is 0.00581 e. The first-order valence-electron chi connectivity index (χ1n) is 5.51. The van der Waals surface area contributed by atoms with E-state index in [1.807, 2.05) is 0 Å². The summed E-state index contributed by atoms with van der Waals surface area (Å²) in [6.45, 7) is 0. The standard InChI is InChI=1S/C14H16Si/c15-11-14(12-7-3-1-4-8-12)13-9-5-2-6-10-13/h1-10,14H,11H2,15H3. The summed E-state index contributed by atoms with van der Waals surface area (Å²) in [4.78, 5) is 0. The predicted octanol–water partition coefficient (Wildman–Crippen LogP) is 2.60. The van der Waals surface area contributed by atoms with Crippen molar-refractivity contribution in [2.24, 2.45) is 0 Å². The van der Waals surface area contributed by atoms with E-state index >= 15 is 0 Å². The second-order valence-electron chi connectivity index (χ2n) is 3.78. The lowest BCUT2D eigenvalue weighted by Crippen LogP contribution is -1.99. The van der Waals surface area contributed by atoms with Gasteiger partial charge in [-0.2, -0.15) is 0 Å². The zero-order chi connectivity index (χ0) is 10.5. The van der Waals surface area contributed by atoms with Crippen molar-refractivity contribution in [3.8, 4) is 0 Å². The third-order valence-corrected chi connectivity index (χ3v) is 3.63. The van der Waals surface area contributed by atoms with Crippen molar-refractivity contribution in [3.63, 3.8) is 0 Å². The maximum absolute atomic E-state index is 2.23. The van der Waals surface area contributed by atoms with Crippen molar-refractivity contribution in [1.29, 1.82) is 0 Å². The van der Waals surface area contributed by atoms with Crippen LogP contribution in [0.25, 0.3) is 0 Å². The number of benzene rings is 2. The Hall–Kier alpha value is -1.34. The van der Waals surface area contributed by atoms with E-state index in [-0.39, 0.29) is 0 Å². The molecule has 2 aromatic rings. The Kier molecular flexibility index (Phi) is 3.35. The third kappa shape index (κ3) is 2.36. The van der Waals surface area contributed by atoms with Gasteiger partial charge in [0.1, 0.15) is 0 Å². The molecule has 0 aliphatic carbocycles. The molecule has 0 amide bonds. The summed E-state index contributed by atoms with van der Waals surface area (Å²) in [5.74, 6) is 0.596. The molecule has 0 atom stereocenters. The smallest absolute Gasteiger partial charge is 0.00581 e. The van der Waals surface area contributed by atoms with Crippen LogP contribution in [0.15, 0.2) is 60.7 Å². The number of rotatable bonds is 3. The average molecular weight is 212 g/mol. The highest BCUT2D eigenvalue weighted by Gasteiger charge is 2.10. The summed E-state index contributed by atoms with van der Waals surface area (Å²) in [6.07, 6.45) is 0. The van der Waals surface area contributed by atoms with Crippen LogP contribution >= 0.6 is 0 Å². The topological polar surface area (TPSA) is 0 Å². The van der Waals surface area contributed by atoms with Gasteiger partial charge in [0.2, 0.25) is 0 Å². The van der Waals surface area contributed by atoms with Gasteiger partial charge in [-0.05, 0) is 11.1 Å². The highest BCUT2D eigenvalue weighted by molar-refractivity contribution is 6.09. The molecule has 0 bridgehead atoms. The van der Waals surface area contributed by atoms with Crippen LogP contribution in [0.1, 0.15) is 17.0 Å². The molecule has 0 radical (unpaired) electrons. The molecule has 76 valence electrons. The number of hydrogen-bond acceptors (Lipinski definition) is 0. The van der Waals surface area contributed by atoms with Crippen LogP contribution in [-0.4, -0.2) is 10.2 Å². The Morgan fingerprint density at radius 2 is 1.13 bits per heavy atom. The fourth-order valence-corrected chi connectivity index (χ4v) is 2.98. The van der Waals surface area contributed by atoms with Gasteiger partial charge in [-0.25, -0.2) is 0 Å². The van der Waals surface area contributed by atoms with E-state index in [1.165, 1.54) is 27.4 Å². The molecule has 0 saturated carbocycles. The van der Waals surface area contributed by atoms with Crippen LogP contribution in [0.5, 0.6) is 0 Å². The first kappa shape index (κ1) is 10.2. The van der Waals surface area contributed by atoms with E-state index in [4.69, 9.17) is 0 Å². The molecular formula is C14H16Si. The van der Waals surface area contributed by atoms with E-state index in [0.29, 0.717) is 5.92 Å². The predicted molar refractivity (Wildman–Crippen MR) is 69.5 cm³/mol. The van der Waals surface area contributed by atoms with Crippen LogP contribution in [0.4, 0.5) is 0 Å². The first-order valence-corrected chi connectivity index (χ1v) is 6.93. The summed E-state index contributed by atoms with van der Waals surface area (Å²) >= 11 is 0. The SMILES string of the molecule is [SiH3]CC(c1ccccc1)c1ccccc1. The summed E-state index contributed by atoms with van der Waals surface area (Å²) in [5, 5.41) is 0. The van der Waals surface area contributed by atoms with Crippen molar-refractivity contribution in [1.82, 2.24) is 0 Å². The van der Waals surface area contributed by atoms with E-state index in [9.17, 15) is 0 Å². The molecule has 0 spiro atoms. The second kappa shape index (κ2) is 4.94. The molecule has 0 N–H and O–H groups in total. The Balaban J connectivity index is 2.34. The van der Waals surface area contributed by atoms with Crippen LogP contribution in [0.2, 0.25) is 6.04 Å². The fourth-order valence-electron chi connectivity index (χ4n) is 2.03. The molecule has 15 heavy (non-hydrogen) atoms. The lowest BCUT2D eigenvalue weighted by molar-refractivity contribution is 0.919. The highest BCUT2D eigenvalue weighted by Crippen LogP contribution is 2.26. The molecule has 2 aromatic carbocycles. The van der Waals surface area contributed by atoms with Gasteiger partial charge in [0.05, 0.1) is 0 Å². The van der Waals surface area contributed by atoms with Crippen molar-refractivity contribution in [3.05, 3.63) is 71.8 Å². The normalized spacial score (nSPS) is 10.7. The monoisotopic (exact) mass is 212 g/mol. The average Bonchev–Trinajstić information content (AvgIpc) is 2.33.